The van der Waals surface area contributed by atoms with Crippen LogP contribution in [0, 0.1) is 6.92 Å². The zero-order chi connectivity index (χ0) is 13.5. The number of hydrogen-bond acceptors (Lipinski definition) is 2. The highest BCUT2D eigenvalue weighted by molar-refractivity contribution is 5.38. The van der Waals surface area contributed by atoms with Gasteiger partial charge in [0.15, 0.2) is 0 Å². The highest BCUT2D eigenvalue weighted by Crippen LogP contribution is 2.23. The van der Waals surface area contributed by atoms with E-state index in [9.17, 15) is 0 Å². The van der Waals surface area contributed by atoms with E-state index in [4.69, 9.17) is 9.47 Å². The smallest absolute Gasteiger partial charge is 0.123 e. The van der Waals surface area contributed by atoms with Crippen molar-refractivity contribution < 1.29 is 9.47 Å². The molecule has 19 heavy (non-hydrogen) atoms. The molecule has 2 aromatic carbocycles. The summed E-state index contributed by atoms with van der Waals surface area (Å²) in [6, 6.07) is 16.2. The van der Waals surface area contributed by atoms with Crippen molar-refractivity contribution in [1.29, 1.82) is 0 Å². The Morgan fingerprint density at radius 3 is 2.26 bits per heavy atom. The molecule has 0 N–H and O–H groups in total. The van der Waals surface area contributed by atoms with Crippen molar-refractivity contribution in [1.82, 2.24) is 0 Å². The minimum absolute atomic E-state index is 0.581. The van der Waals surface area contributed by atoms with Crippen LogP contribution in [0.25, 0.3) is 0 Å². The van der Waals surface area contributed by atoms with Gasteiger partial charge in [0.05, 0.1) is 6.61 Å². The number of rotatable bonds is 6. The van der Waals surface area contributed by atoms with Crippen molar-refractivity contribution >= 4 is 0 Å². The average Bonchev–Trinajstić information content (AvgIpc) is 2.43. The first-order valence-electron chi connectivity index (χ1n) is 6.69. The van der Waals surface area contributed by atoms with Gasteiger partial charge in [-0.2, -0.15) is 0 Å². The van der Waals surface area contributed by atoms with Crippen LogP contribution in [0.3, 0.4) is 0 Å². The Hall–Kier alpha value is -1.96. The number of aryl methyl sites for hydroxylation is 1. The van der Waals surface area contributed by atoms with Crippen LogP contribution in [0.1, 0.15) is 24.5 Å². The van der Waals surface area contributed by atoms with Crippen molar-refractivity contribution in [3.8, 4) is 11.5 Å². The second-order valence-corrected chi connectivity index (χ2v) is 4.60. The maximum Gasteiger partial charge on any atom is 0.123 e. The Kier molecular flexibility index (Phi) is 4.85. The third-order valence-corrected chi connectivity index (χ3v) is 2.75. The van der Waals surface area contributed by atoms with Gasteiger partial charge in [-0.25, -0.2) is 0 Å². The van der Waals surface area contributed by atoms with Crippen LogP contribution in [0.4, 0.5) is 0 Å². The van der Waals surface area contributed by atoms with E-state index in [-0.39, 0.29) is 0 Å². The highest BCUT2D eigenvalue weighted by atomic mass is 16.5. The first kappa shape index (κ1) is 13.5. The maximum absolute atomic E-state index is 5.81. The van der Waals surface area contributed by atoms with E-state index in [2.05, 4.69) is 19.1 Å². The molecule has 0 radical (unpaired) electrons. The fraction of sp³-hybridized carbons (Fsp3) is 0.294. The monoisotopic (exact) mass is 256 g/mol. The van der Waals surface area contributed by atoms with E-state index in [1.54, 1.807) is 0 Å². The van der Waals surface area contributed by atoms with E-state index in [0.717, 1.165) is 30.1 Å². The van der Waals surface area contributed by atoms with Gasteiger partial charge >= 0.3 is 0 Å². The first-order valence-corrected chi connectivity index (χ1v) is 6.69. The summed E-state index contributed by atoms with van der Waals surface area (Å²) in [6.45, 7) is 5.47. The minimum atomic E-state index is 0.581. The molecule has 0 aromatic heterocycles. The lowest BCUT2D eigenvalue weighted by Crippen LogP contribution is -1.98. The lowest BCUT2D eigenvalue weighted by Gasteiger charge is -2.10. The zero-order valence-electron chi connectivity index (χ0n) is 11.6. The molecule has 2 rings (SSSR count). The molecular weight excluding hydrogens is 236 g/mol. The van der Waals surface area contributed by atoms with Crippen molar-refractivity contribution in [2.75, 3.05) is 6.61 Å². The van der Waals surface area contributed by atoms with E-state index >= 15 is 0 Å². The van der Waals surface area contributed by atoms with Gasteiger partial charge in [-0.3, -0.25) is 0 Å². The molecule has 0 spiro atoms. The van der Waals surface area contributed by atoms with Gasteiger partial charge in [0, 0.05) is 6.07 Å². The molecule has 0 unspecified atom stereocenters. The zero-order valence-corrected chi connectivity index (χ0v) is 11.6. The van der Waals surface area contributed by atoms with Crippen LogP contribution in [0.5, 0.6) is 11.5 Å². The lowest BCUT2D eigenvalue weighted by molar-refractivity contribution is 0.294. The molecule has 0 atom stereocenters. The normalized spacial score (nSPS) is 10.2. The third-order valence-electron chi connectivity index (χ3n) is 2.75. The molecule has 0 bridgehead atoms. The van der Waals surface area contributed by atoms with Gasteiger partial charge in [0.1, 0.15) is 18.1 Å². The number of hydrogen-bond donors (Lipinski definition) is 0. The van der Waals surface area contributed by atoms with Gasteiger partial charge in [-0.05, 0) is 36.6 Å². The van der Waals surface area contributed by atoms with Crippen LogP contribution in [0.2, 0.25) is 0 Å². The molecule has 0 fully saturated rings. The Balaban J connectivity index is 2.01. The Labute approximate surface area is 115 Å². The van der Waals surface area contributed by atoms with Gasteiger partial charge in [-0.15, -0.1) is 0 Å². The summed E-state index contributed by atoms with van der Waals surface area (Å²) in [7, 11) is 0. The lowest BCUT2D eigenvalue weighted by atomic mass is 10.2. The molecule has 0 saturated carbocycles. The van der Waals surface area contributed by atoms with Crippen LogP contribution in [0.15, 0.2) is 48.5 Å². The second kappa shape index (κ2) is 6.83. The molecule has 100 valence electrons. The Bertz CT molecular complexity index is 506. The molecule has 2 aromatic rings. The predicted molar refractivity (Wildman–Crippen MR) is 77.7 cm³/mol. The first-order chi connectivity index (χ1) is 9.28. The molecule has 0 amide bonds. The summed E-state index contributed by atoms with van der Waals surface area (Å²) in [5.41, 5.74) is 2.32. The van der Waals surface area contributed by atoms with Crippen LogP contribution in [-0.2, 0) is 6.61 Å². The van der Waals surface area contributed by atoms with Crippen LogP contribution >= 0.6 is 0 Å². The van der Waals surface area contributed by atoms with Crippen molar-refractivity contribution in [3.63, 3.8) is 0 Å². The average molecular weight is 256 g/mol. The third kappa shape index (κ3) is 4.32. The van der Waals surface area contributed by atoms with Crippen molar-refractivity contribution in [2.24, 2.45) is 0 Å². The Morgan fingerprint density at radius 2 is 1.58 bits per heavy atom. The van der Waals surface area contributed by atoms with E-state index < -0.39 is 0 Å². The van der Waals surface area contributed by atoms with Crippen molar-refractivity contribution in [3.05, 3.63) is 59.7 Å². The van der Waals surface area contributed by atoms with Gasteiger partial charge in [0.25, 0.3) is 0 Å². The standard InChI is InChI=1S/C17H20O2/c1-3-9-18-16-10-14(2)11-17(12-16)19-13-15-7-5-4-6-8-15/h4-8,10-12H,3,9,13H2,1-2H3. The van der Waals surface area contributed by atoms with E-state index in [0.29, 0.717) is 6.61 Å². The molecule has 0 aliphatic heterocycles. The quantitative estimate of drug-likeness (QED) is 0.764. The molecular formula is C17H20O2. The van der Waals surface area contributed by atoms with E-state index in [1.807, 2.05) is 43.3 Å². The number of benzene rings is 2. The van der Waals surface area contributed by atoms with E-state index in [1.165, 1.54) is 5.56 Å². The summed E-state index contributed by atoms with van der Waals surface area (Å²) in [5, 5.41) is 0. The van der Waals surface area contributed by atoms with Gasteiger partial charge in [0.2, 0.25) is 0 Å². The molecule has 2 nitrogen and oxygen atoms in total. The van der Waals surface area contributed by atoms with Crippen LogP contribution in [-0.4, -0.2) is 6.61 Å². The number of ether oxygens (including phenoxy) is 2. The molecule has 0 aliphatic carbocycles. The molecule has 0 heterocycles. The highest BCUT2D eigenvalue weighted by Gasteiger charge is 2.01. The summed E-state index contributed by atoms with van der Waals surface area (Å²) < 4.78 is 11.5. The summed E-state index contributed by atoms with van der Waals surface area (Å²) in [5.74, 6) is 1.74. The SMILES string of the molecule is CCCOc1cc(C)cc(OCc2ccccc2)c1. The van der Waals surface area contributed by atoms with Gasteiger partial charge in [-0.1, -0.05) is 37.3 Å². The second-order valence-electron chi connectivity index (χ2n) is 4.60. The fourth-order valence-corrected chi connectivity index (χ4v) is 1.84. The summed E-state index contributed by atoms with van der Waals surface area (Å²) in [4.78, 5) is 0. The fourth-order valence-electron chi connectivity index (χ4n) is 1.84. The molecule has 2 heteroatoms. The minimum Gasteiger partial charge on any atom is -0.493 e. The largest absolute Gasteiger partial charge is 0.493 e. The molecule has 0 aliphatic rings. The van der Waals surface area contributed by atoms with Crippen LogP contribution < -0.4 is 9.47 Å². The summed E-state index contributed by atoms with van der Waals surface area (Å²) in [6.07, 6.45) is 1.01. The van der Waals surface area contributed by atoms with Crippen molar-refractivity contribution in [2.45, 2.75) is 26.9 Å². The molecule has 0 saturated heterocycles. The van der Waals surface area contributed by atoms with Gasteiger partial charge < -0.3 is 9.47 Å². The predicted octanol–water partition coefficient (Wildman–Crippen LogP) is 4.36. The topological polar surface area (TPSA) is 18.5 Å². The Morgan fingerprint density at radius 1 is 0.895 bits per heavy atom. The summed E-state index contributed by atoms with van der Waals surface area (Å²) >= 11 is 0. The maximum atomic E-state index is 5.81.